The Bertz CT molecular complexity index is 1220. The second kappa shape index (κ2) is 9.85. The molecule has 0 bridgehead atoms. The van der Waals surface area contributed by atoms with E-state index in [0.29, 0.717) is 17.2 Å². The third kappa shape index (κ3) is 6.41. The highest BCUT2D eigenvalue weighted by Gasteiger charge is 2.28. The zero-order valence-electron chi connectivity index (χ0n) is 17.6. The van der Waals surface area contributed by atoms with Gasteiger partial charge in [-0.25, -0.2) is 17.9 Å². The summed E-state index contributed by atoms with van der Waals surface area (Å²) in [4.78, 5) is 24.4. The van der Waals surface area contributed by atoms with Crippen LogP contribution in [0.3, 0.4) is 0 Å². The van der Waals surface area contributed by atoms with Gasteiger partial charge in [0, 0.05) is 11.7 Å². The van der Waals surface area contributed by atoms with Crippen molar-refractivity contribution < 1.29 is 27.5 Å². The summed E-state index contributed by atoms with van der Waals surface area (Å²) in [6.45, 7) is -0.482. The SMILES string of the molecule is O=C(COC(=O)c1ccc(S(=O)(=O)NC2CC2)cc1)Nc1ccc(Oc2ccccc2)cc1. The van der Waals surface area contributed by atoms with Gasteiger partial charge in [-0.2, -0.15) is 0 Å². The van der Waals surface area contributed by atoms with Gasteiger partial charge in [0.05, 0.1) is 10.5 Å². The molecule has 3 aromatic rings. The van der Waals surface area contributed by atoms with Crippen LogP contribution in [-0.2, 0) is 19.6 Å². The molecular formula is C24H22N2O6S. The number of anilines is 1. The highest BCUT2D eigenvalue weighted by molar-refractivity contribution is 7.89. The van der Waals surface area contributed by atoms with Gasteiger partial charge in [-0.3, -0.25) is 4.79 Å². The van der Waals surface area contributed by atoms with E-state index in [1.807, 2.05) is 30.3 Å². The third-order valence-electron chi connectivity index (χ3n) is 4.75. The molecule has 170 valence electrons. The first kappa shape index (κ1) is 22.5. The maximum absolute atomic E-state index is 12.2. The largest absolute Gasteiger partial charge is 0.457 e. The number of ether oxygens (including phenoxy) is 2. The number of nitrogens with one attached hydrogen (secondary N) is 2. The van der Waals surface area contributed by atoms with Crippen molar-refractivity contribution in [1.82, 2.24) is 4.72 Å². The zero-order chi connectivity index (χ0) is 23.3. The monoisotopic (exact) mass is 466 g/mol. The summed E-state index contributed by atoms with van der Waals surface area (Å²) < 4.78 is 37.6. The van der Waals surface area contributed by atoms with Crippen LogP contribution in [0.1, 0.15) is 23.2 Å². The minimum atomic E-state index is -3.60. The number of rotatable bonds is 9. The van der Waals surface area contributed by atoms with E-state index in [9.17, 15) is 18.0 Å². The number of para-hydroxylation sites is 1. The van der Waals surface area contributed by atoms with E-state index >= 15 is 0 Å². The Balaban J connectivity index is 1.25. The smallest absolute Gasteiger partial charge is 0.338 e. The maximum Gasteiger partial charge on any atom is 0.338 e. The molecule has 0 heterocycles. The minimum Gasteiger partial charge on any atom is -0.457 e. The minimum absolute atomic E-state index is 0.00857. The van der Waals surface area contributed by atoms with Gasteiger partial charge in [0.25, 0.3) is 5.91 Å². The van der Waals surface area contributed by atoms with Gasteiger partial charge in [0.1, 0.15) is 11.5 Å². The van der Waals surface area contributed by atoms with E-state index < -0.39 is 28.5 Å². The Morgan fingerprint density at radius 2 is 1.48 bits per heavy atom. The van der Waals surface area contributed by atoms with Gasteiger partial charge in [-0.15, -0.1) is 0 Å². The standard InChI is InChI=1S/C24H22N2O6S/c27-23(25-18-10-12-21(13-11-18)32-20-4-2-1-3-5-20)16-31-24(28)17-6-14-22(15-7-17)33(29,30)26-19-8-9-19/h1-7,10-15,19,26H,8-9,16H2,(H,25,27). The molecule has 4 rings (SSSR count). The number of carbonyl (C=O) groups is 2. The molecule has 0 aromatic heterocycles. The molecule has 0 radical (unpaired) electrons. The van der Waals surface area contributed by atoms with E-state index in [1.165, 1.54) is 24.3 Å². The van der Waals surface area contributed by atoms with Gasteiger partial charge in [0.2, 0.25) is 10.0 Å². The van der Waals surface area contributed by atoms with E-state index in [-0.39, 0.29) is 16.5 Å². The third-order valence-corrected chi connectivity index (χ3v) is 6.29. The van der Waals surface area contributed by atoms with Crippen LogP contribution in [0.5, 0.6) is 11.5 Å². The molecule has 33 heavy (non-hydrogen) atoms. The lowest BCUT2D eigenvalue weighted by atomic mass is 10.2. The van der Waals surface area contributed by atoms with Gasteiger partial charge in [0.15, 0.2) is 6.61 Å². The zero-order valence-corrected chi connectivity index (χ0v) is 18.4. The summed E-state index contributed by atoms with van der Waals surface area (Å²) in [5.41, 5.74) is 0.671. The van der Waals surface area contributed by atoms with E-state index in [1.54, 1.807) is 24.3 Å². The molecule has 1 saturated carbocycles. The number of sulfonamides is 1. The first-order valence-electron chi connectivity index (χ1n) is 10.3. The lowest BCUT2D eigenvalue weighted by Crippen LogP contribution is -2.25. The molecule has 0 saturated heterocycles. The Morgan fingerprint density at radius 1 is 0.848 bits per heavy atom. The molecule has 9 heteroatoms. The number of amides is 1. The number of hydrogen-bond donors (Lipinski definition) is 2. The van der Waals surface area contributed by atoms with Crippen LogP contribution in [0, 0.1) is 0 Å². The number of carbonyl (C=O) groups excluding carboxylic acids is 2. The van der Waals surface area contributed by atoms with E-state index in [0.717, 1.165) is 12.8 Å². The molecule has 0 spiro atoms. The fourth-order valence-corrected chi connectivity index (χ4v) is 4.21. The van der Waals surface area contributed by atoms with Crippen LogP contribution in [0.15, 0.2) is 83.8 Å². The number of hydrogen-bond acceptors (Lipinski definition) is 6. The Morgan fingerprint density at radius 3 is 2.12 bits per heavy atom. The molecule has 1 fully saturated rings. The molecule has 0 atom stereocenters. The number of benzene rings is 3. The van der Waals surface area contributed by atoms with Crippen molar-refractivity contribution in [3.63, 3.8) is 0 Å². The summed E-state index contributed by atoms with van der Waals surface area (Å²) in [5, 5.41) is 2.63. The Kier molecular flexibility index (Phi) is 6.71. The number of esters is 1. The first-order chi connectivity index (χ1) is 15.9. The molecule has 8 nitrogen and oxygen atoms in total. The molecular weight excluding hydrogens is 444 g/mol. The average molecular weight is 467 g/mol. The van der Waals surface area contributed by atoms with E-state index in [4.69, 9.17) is 9.47 Å². The quantitative estimate of drug-likeness (QED) is 0.465. The maximum atomic E-state index is 12.2. The fraction of sp³-hybridized carbons (Fsp3) is 0.167. The summed E-state index contributed by atoms with van der Waals surface area (Å²) in [6.07, 6.45) is 1.66. The molecule has 0 unspecified atom stereocenters. The molecule has 3 aromatic carbocycles. The molecule has 0 aliphatic heterocycles. The second-order valence-electron chi connectivity index (χ2n) is 7.48. The van der Waals surface area contributed by atoms with Crippen molar-refractivity contribution in [2.24, 2.45) is 0 Å². The second-order valence-corrected chi connectivity index (χ2v) is 9.20. The summed E-state index contributed by atoms with van der Waals surface area (Å²) in [5.74, 6) is 0.0817. The highest BCUT2D eigenvalue weighted by Crippen LogP contribution is 2.23. The van der Waals surface area contributed by atoms with Crippen molar-refractivity contribution in [3.05, 3.63) is 84.4 Å². The topological polar surface area (TPSA) is 111 Å². The predicted octanol–water partition coefficient (Wildman–Crippen LogP) is 3.72. The Hall–Kier alpha value is -3.69. The lowest BCUT2D eigenvalue weighted by Gasteiger charge is -2.09. The first-order valence-corrected chi connectivity index (χ1v) is 11.8. The van der Waals surface area contributed by atoms with Crippen LogP contribution >= 0.6 is 0 Å². The van der Waals surface area contributed by atoms with E-state index in [2.05, 4.69) is 10.0 Å². The van der Waals surface area contributed by atoms with Crippen molar-refractivity contribution in [1.29, 1.82) is 0 Å². The van der Waals surface area contributed by atoms with Crippen molar-refractivity contribution in [2.75, 3.05) is 11.9 Å². The molecule has 1 aliphatic carbocycles. The van der Waals surface area contributed by atoms with Crippen LogP contribution in [0.4, 0.5) is 5.69 Å². The van der Waals surface area contributed by atoms with Gasteiger partial charge >= 0.3 is 5.97 Å². The molecule has 1 amide bonds. The van der Waals surface area contributed by atoms with Crippen molar-refractivity contribution in [2.45, 2.75) is 23.8 Å². The summed E-state index contributed by atoms with van der Waals surface area (Å²) in [7, 11) is -3.60. The molecule has 2 N–H and O–H groups in total. The summed E-state index contributed by atoms with van der Waals surface area (Å²) >= 11 is 0. The lowest BCUT2D eigenvalue weighted by molar-refractivity contribution is -0.119. The normalized spacial score (nSPS) is 13.2. The van der Waals surface area contributed by atoms with Crippen LogP contribution in [-0.4, -0.2) is 32.9 Å². The van der Waals surface area contributed by atoms with Crippen molar-refractivity contribution >= 4 is 27.6 Å². The van der Waals surface area contributed by atoms with Crippen LogP contribution < -0.4 is 14.8 Å². The fourth-order valence-electron chi connectivity index (χ4n) is 2.90. The van der Waals surface area contributed by atoms with Crippen molar-refractivity contribution in [3.8, 4) is 11.5 Å². The summed E-state index contributed by atoms with van der Waals surface area (Å²) in [6, 6.07) is 21.4. The van der Waals surface area contributed by atoms with Crippen LogP contribution in [0.2, 0.25) is 0 Å². The predicted molar refractivity (Wildman–Crippen MR) is 122 cm³/mol. The van der Waals surface area contributed by atoms with Gasteiger partial charge in [-0.05, 0) is 73.5 Å². The van der Waals surface area contributed by atoms with Gasteiger partial charge < -0.3 is 14.8 Å². The molecule has 1 aliphatic rings. The highest BCUT2D eigenvalue weighted by atomic mass is 32.2. The Labute approximate surface area is 191 Å². The van der Waals surface area contributed by atoms with Crippen LogP contribution in [0.25, 0.3) is 0 Å². The average Bonchev–Trinajstić information content (AvgIpc) is 3.63. The van der Waals surface area contributed by atoms with Gasteiger partial charge in [-0.1, -0.05) is 18.2 Å².